The molecule has 1 aromatic heterocycles. The van der Waals surface area contributed by atoms with Gasteiger partial charge in [0, 0.05) is 18.8 Å². The number of nitrogens with one attached hydrogen (secondary N) is 1. The van der Waals surface area contributed by atoms with Gasteiger partial charge in [-0.1, -0.05) is 36.4 Å². The molecule has 1 amide bonds. The third-order valence-electron chi connectivity index (χ3n) is 4.59. The van der Waals surface area contributed by atoms with Gasteiger partial charge in [0.15, 0.2) is 0 Å². The van der Waals surface area contributed by atoms with Crippen molar-refractivity contribution in [2.24, 2.45) is 0 Å². The van der Waals surface area contributed by atoms with Crippen LogP contribution in [0.25, 0.3) is 5.69 Å². The Morgan fingerprint density at radius 3 is 2.72 bits per heavy atom. The minimum Gasteiger partial charge on any atom is -0.390 e. The van der Waals surface area contributed by atoms with E-state index in [4.69, 9.17) is 0 Å². The molecule has 1 aliphatic carbocycles. The van der Waals surface area contributed by atoms with Crippen LogP contribution >= 0.6 is 0 Å². The molecule has 2 N–H and O–H groups in total. The zero-order chi connectivity index (χ0) is 17.2. The lowest BCUT2D eigenvalue weighted by Gasteiger charge is -2.18. The third-order valence-corrected chi connectivity index (χ3v) is 4.59. The second kappa shape index (κ2) is 6.53. The van der Waals surface area contributed by atoms with Crippen LogP contribution in [0.5, 0.6) is 0 Å². The van der Waals surface area contributed by atoms with Gasteiger partial charge in [-0.2, -0.15) is 5.10 Å². The minimum atomic E-state index is -0.566. The Labute approximate surface area is 145 Å². The lowest BCUT2D eigenvalue weighted by Crippen LogP contribution is -2.34. The number of amides is 1. The standard InChI is InChI=1S/C20H19N3O2/c24-18-13-15-4-1-2-5-17(15)20(18)22-19(25)12-14-6-8-16(9-7-14)23-11-3-10-21-23/h1-11,18,20,24H,12-13H2,(H,22,25)/t18-,20-/m1/s1. The first-order chi connectivity index (χ1) is 12.2. The summed E-state index contributed by atoms with van der Waals surface area (Å²) in [6, 6.07) is 17.1. The largest absolute Gasteiger partial charge is 0.390 e. The second-order valence-electron chi connectivity index (χ2n) is 6.31. The predicted molar refractivity (Wildman–Crippen MR) is 94.3 cm³/mol. The molecule has 0 unspecified atom stereocenters. The van der Waals surface area contributed by atoms with Gasteiger partial charge >= 0.3 is 0 Å². The van der Waals surface area contributed by atoms with Gasteiger partial charge in [-0.25, -0.2) is 4.68 Å². The molecule has 0 radical (unpaired) electrons. The molecule has 0 aliphatic heterocycles. The van der Waals surface area contributed by atoms with Crippen LogP contribution in [-0.4, -0.2) is 26.9 Å². The van der Waals surface area contributed by atoms with Crippen molar-refractivity contribution in [3.63, 3.8) is 0 Å². The molecular formula is C20H19N3O2. The Bertz CT molecular complexity index is 872. The lowest BCUT2D eigenvalue weighted by molar-refractivity contribution is -0.121. The van der Waals surface area contributed by atoms with Crippen LogP contribution in [-0.2, 0) is 17.6 Å². The Morgan fingerprint density at radius 1 is 1.16 bits per heavy atom. The first-order valence-corrected chi connectivity index (χ1v) is 8.35. The van der Waals surface area contributed by atoms with E-state index in [2.05, 4.69) is 10.4 Å². The van der Waals surface area contributed by atoms with Crippen LogP contribution in [0, 0.1) is 0 Å². The fourth-order valence-electron chi connectivity index (χ4n) is 3.35. The van der Waals surface area contributed by atoms with E-state index in [9.17, 15) is 9.90 Å². The number of aromatic nitrogens is 2. The number of hydrogen-bond donors (Lipinski definition) is 2. The van der Waals surface area contributed by atoms with E-state index in [-0.39, 0.29) is 18.4 Å². The molecule has 0 spiro atoms. The SMILES string of the molecule is O=C(Cc1ccc(-n2cccn2)cc1)N[C@@H]1c2ccccc2C[C@H]1O. The molecular weight excluding hydrogens is 314 g/mol. The summed E-state index contributed by atoms with van der Waals surface area (Å²) in [4.78, 5) is 12.4. The molecule has 3 aromatic rings. The molecule has 4 rings (SSSR count). The molecule has 2 atom stereocenters. The first-order valence-electron chi connectivity index (χ1n) is 8.35. The summed E-state index contributed by atoms with van der Waals surface area (Å²) in [5.74, 6) is -0.0902. The molecule has 1 aliphatic rings. The summed E-state index contributed by atoms with van der Waals surface area (Å²) >= 11 is 0. The summed E-state index contributed by atoms with van der Waals surface area (Å²) < 4.78 is 1.77. The Balaban J connectivity index is 1.42. The van der Waals surface area contributed by atoms with Gasteiger partial charge in [-0.3, -0.25) is 4.79 Å². The molecule has 0 fully saturated rings. The van der Waals surface area contributed by atoms with Crippen LogP contribution in [0.15, 0.2) is 67.0 Å². The van der Waals surface area contributed by atoms with E-state index in [1.807, 2.05) is 60.8 Å². The van der Waals surface area contributed by atoms with Gasteiger partial charge in [-0.15, -0.1) is 0 Å². The van der Waals surface area contributed by atoms with Crippen molar-refractivity contribution in [2.45, 2.75) is 25.0 Å². The summed E-state index contributed by atoms with van der Waals surface area (Å²) in [5, 5.41) is 17.4. The zero-order valence-corrected chi connectivity index (χ0v) is 13.7. The molecule has 5 nitrogen and oxygen atoms in total. The van der Waals surface area contributed by atoms with Crippen molar-refractivity contribution in [1.29, 1.82) is 0 Å². The fraction of sp³-hybridized carbons (Fsp3) is 0.200. The number of aliphatic hydroxyl groups excluding tert-OH is 1. The van der Waals surface area contributed by atoms with Crippen molar-refractivity contribution in [2.75, 3.05) is 0 Å². The van der Waals surface area contributed by atoms with E-state index < -0.39 is 6.10 Å². The van der Waals surface area contributed by atoms with Gasteiger partial charge in [0.2, 0.25) is 5.91 Å². The average Bonchev–Trinajstić information content (AvgIpc) is 3.25. The molecule has 5 heteroatoms. The summed E-state index contributed by atoms with van der Waals surface area (Å²) in [6.45, 7) is 0. The molecule has 0 bridgehead atoms. The normalized spacial score (nSPS) is 18.8. The minimum absolute atomic E-state index is 0.0902. The fourth-order valence-corrected chi connectivity index (χ4v) is 3.35. The molecule has 0 saturated heterocycles. The number of carbonyl (C=O) groups is 1. The Kier molecular flexibility index (Phi) is 4.07. The van der Waals surface area contributed by atoms with Crippen LogP contribution in [0.1, 0.15) is 22.7 Å². The summed E-state index contributed by atoms with van der Waals surface area (Å²) in [7, 11) is 0. The van der Waals surface area contributed by atoms with Crippen LogP contribution in [0.4, 0.5) is 0 Å². The van der Waals surface area contributed by atoms with Gasteiger partial charge < -0.3 is 10.4 Å². The van der Waals surface area contributed by atoms with Crippen molar-refractivity contribution in [3.8, 4) is 5.69 Å². The highest BCUT2D eigenvalue weighted by Crippen LogP contribution is 2.31. The van der Waals surface area contributed by atoms with Crippen molar-refractivity contribution in [1.82, 2.24) is 15.1 Å². The van der Waals surface area contributed by atoms with E-state index in [0.717, 1.165) is 22.4 Å². The molecule has 1 heterocycles. The van der Waals surface area contributed by atoms with Crippen molar-refractivity contribution in [3.05, 3.63) is 83.7 Å². The smallest absolute Gasteiger partial charge is 0.224 e. The molecule has 0 saturated carbocycles. The summed E-state index contributed by atoms with van der Waals surface area (Å²) in [6.07, 6.45) is 3.90. The zero-order valence-electron chi connectivity index (χ0n) is 13.7. The molecule has 126 valence electrons. The van der Waals surface area contributed by atoms with E-state index in [0.29, 0.717) is 6.42 Å². The highest BCUT2D eigenvalue weighted by molar-refractivity contribution is 5.79. The van der Waals surface area contributed by atoms with Gasteiger partial charge in [0.05, 0.1) is 24.3 Å². The average molecular weight is 333 g/mol. The Hall–Kier alpha value is -2.92. The van der Waals surface area contributed by atoms with Crippen LogP contribution in [0.3, 0.4) is 0 Å². The highest BCUT2D eigenvalue weighted by Gasteiger charge is 2.31. The van der Waals surface area contributed by atoms with Gasteiger partial charge in [0.25, 0.3) is 0 Å². The van der Waals surface area contributed by atoms with Gasteiger partial charge in [0.1, 0.15) is 0 Å². The monoisotopic (exact) mass is 333 g/mol. The molecule has 2 aromatic carbocycles. The van der Waals surface area contributed by atoms with Crippen LogP contribution in [0.2, 0.25) is 0 Å². The van der Waals surface area contributed by atoms with E-state index in [1.54, 1.807) is 10.9 Å². The number of hydrogen-bond acceptors (Lipinski definition) is 3. The van der Waals surface area contributed by atoms with Crippen molar-refractivity contribution >= 4 is 5.91 Å². The topological polar surface area (TPSA) is 67.2 Å². The number of carbonyl (C=O) groups excluding carboxylic acids is 1. The first kappa shape index (κ1) is 15.6. The second-order valence-corrected chi connectivity index (χ2v) is 6.31. The third kappa shape index (κ3) is 3.19. The maximum Gasteiger partial charge on any atom is 0.224 e. The maximum absolute atomic E-state index is 12.4. The van der Waals surface area contributed by atoms with Gasteiger partial charge in [-0.05, 0) is 34.9 Å². The number of aliphatic hydroxyl groups is 1. The van der Waals surface area contributed by atoms with Crippen LogP contribution < -0.4 is 5.32 Å². The number of benzene rings is 2. The van der Waals surface area contributed by atoms with E-state index in [1.165, 1.54) is 0 Å². The maximum atomic E-state index is 12.4. The van der Waals surface area contributed by atoms with Crippen molar-refractivity contribution < 1.29 is 9.90 Å². The number of rotatable bonds is 4. The number of fused-ring (bicyclic) bond motifs is 1. The summed E-state index contributed by atoms with van der Waals surface area (Å²) in [5.41, 5.74) is 3.99. The predicted octanol–water partition coefficient (Wildman–Crippen LogP) is 2.19. The lowest BCUT2D eigenvalue weighted by atomic mass is 10.1. The quantitative estimate of drug-likeness (QED) is 0.769. The van der Waals surface area contributed by atoms with E-state index >= 15 is 0 Å². The molecule has 25 heavy (non-hydrogen) atoms. The number of nitrogens with zero attached hydrogens (tertiary/aromatic N) is 2. The Morgan fingerprint density at radius 2 is 1.96 bits per heavy atom. The highest BCUT2D eigenvalue weighted by atomic mass is 16.3.